The molecule has 0 unspecified atom stereocenters. The van der Waals surface area contributed by atoms with Gasteiger partial charge in [-0.1, -0.05) is 35.5 Å². The van der Waals surface area contributed by atoms with E-state index in [2.05, 4.69) is 34.4 Å². The van der Waals surface area contributed by atoms with Crippen LogP contribution in [0.25, 0.3) is 10.9 Å². The first-order valence-electron chi connectivity index (χ1n) is 12.5. The number of benzene rings is 1. The van der Waals surface area contributed by atoms with Gasteiger partial charge in [0, 0.05) is 31.4 Å². The molecule has 0 atom stereocenters. The van der Waals surface area contributed by atoms with Gasteiger partial charge in [0.1, 0.15) is 29.0 Å². The van der Waals surface area contributed by atoms with E-state index >= 15 is 0 Å². The molecular weight excluding hydrogens is 464 g/mol. The van der Waals surface area contributed by atoms with Crippen molar-refractivity contribution in [3.05, 3.63) is 69.8 Å². The molecule has 37 heavy (non-hydrogen) atoms. The molecule has 1 aliphatic rings. The van der Waals surface area contributed by atoms with Crippen LogP contribution in [0.2, 0.25) is 0 Å². The molecule has 190 valence electrons. The van der Waals surface area contributed by atoms with Crippen molar-refractivity contribution in [2.45, 2.75) is 58.1 Å². The van der Waals surface area contributed by atoms with E-state index in [1.54, 1.807) is 13.1 Å². The molecule has 0 N–H and O–H groups in total. The van der Waals surface area contributed by atoms with Crippen molar-refractivity contribution in [3.8, 4) is 12.1 Å². The maximum Gasteiger partial charge on any atom is 0.270 e. The molecule has 2 heterocycles. The van der Waals surface area contributed by atoms with Crippen LogP contribution in [0.15, 0.2) is 52.5 Å². The normalized spacial score (nSPS) is 18.2. The Bertz CT molecular complexity index is 1460. The molecule has 0 bridgehead atoms. The molecule has 8 nitrogen and oxygen atoms in total. The first kappa shape index (κ1) is 25.9. The zero-order valence-corrected chi connectivity index (χ0v) is 22.0. The lowest BCUT2D eigenvalue weighted by Gasteiger charge is -2.37. The standard InChI is InChI=1S/C29H32N6O2/c1-29(2,3)37-33-26(19-9-7-6-8-10-19)20-11-13-22(14-12-20)34(4)27-23-15-21(16-30)32-18-25(23)35(5)28(36)24(27)17-31/h6-10,15,18,20,22H,11-14H2,1-5H3/b33-26-. The van der Waals surface area contributed by atoms with Crippen LogP contribution in [0.5, 0.6) is 0 Å². The average Bonchev–Trinajstić information content (AvgIpc) is 2.90. The molecule has 3 aromatic rings. The Balaban J connectivity index is 1.66. The van der Waals surface area contributed by atoms with Crippen molar-refractivity contribution in [1.29, 1.82) is 10.5 Å². The maximum atomic E-state index is 13.0. The number of pyridine rings is 2. The largest absolute Gasteiger partial charge is 0.390 e. The summed E-state index contributed by atoms with van der Waals surface area (Å²) in [6, 6.07) is 16.1. The van der Waals surface area contributed by atoms with Gasteiger partial charge in [-0.25, -0.2) is 4.98 Å². The van der Waals surface area contributed by atoms with Crippen molar-refractivity contribution in [2.24, 2.45) is 18.1 Å². The summed E-state index contributed by atoms with van der Waals surface area (Å²) in [5.41, 5.74) is 2.75. The predicted molar refractivity (Wildman–Crippen MR) is 144 cm³/mol. The van der Waals surface area contributed by atoms with E-state index in [0.717, 1.165) is 37.0 Å². The Labute approximate surface area is 217 Å². The van der Waals surface area contributed by atoms with E-state index in [0.29, 0.717) is 16.6 Å². The second kappa shape index (κ2) is 10.4. The number of oxime groups is 1. The molecule has 4 rings (SSSR count). The van der Waals surface area contributed by atoms with Gasteiger partial charge in [0.15, 0.2) is 0 Å². The Hall–Kier alpha value is -4.17. The SMILES string of the molecule is CN(c1c(C#N)c(=O)n(C)c2cnc(C#N)cc12)C1CCC(/C(=N\OC(C)(C)C)c2ccccc2)CC1. The third-order valence-corrected chi connectivity index (χ3v) is 6.95. The number of aromatic nitrogens is 2. The Morgan fingerprint density at radius 2 is 1.81 bits per heavy atom. The molecule has 1 aromatic carbocycles. The van der Waals surface area contributed by atoms with Crippen LogP contribution in [0.1, 0.15) is 63.3 Å². The number of rotatable bonds is 5. The second-order valence-electron chi connectivity index (χ2n) is 10.6. The summed E-state index contributed by atoms with van der Waals surface area (Å²) in [7, 11) is 3.56. The lowest BCUT2D eigenvalue weighted by atomic mass is 9.80. The molecule has 2 aromatic heterocycles. The first-order valence-corrected chi connectivity index (χ1v) is 12.5. The van der Waals surface area contributed by atoms with Crippen LogP contribution < -0.4 is 10.5 Å². The van der Waals surface area contributed by atoms with Crippen LogP contribution in [-0.4, -0.2) is 34.0 Å². The number of anilines is 1. The van der Waals surface area contributed by atoms with E-state index < -0.39 is 0 Å². The number of nitriles is 2. The second-order valence-corrected chi connectivity index (χ2v) is 10.6. The van der Waals surface area contributed by atoms with Gasteiger partial charge in [0.05, 0.1) is 23.1 Å². The smallest absolute Gasteiger partial charge is 0.270 e. The topological polar surface area (TPSA) is 107 Å². The van der Waals surface area contributed by atoms with Crippen molar-refractivity contribution in [2.75, 3.05) is 11.9 Å². The van der Waals surface area contributed by atoms with E-state index in [-0.39, 0.29) is 34.4 Å². The van der Waals surface area contributed by atoms with Gasteiger partial charge in [-0.05, 0) is 58.1 Å². The minimum absolute atomic E-state index is 0.0832. The third-order valence-electron chi connectivity index (χ3n) is 6.95. The summed E-state index contributed by atoms with van der Waals surface area (Å²) >= 11 is 0. The highest BCUT2D eigenvalue weighted by atomic mass is 16.6. The first-order chi connectivity index (χ1) is 17.6. The molecule has 0 amide bonds. The number of nitrogens with zero attached hydrogens (tertiary/aromatic N) is 6. The van der Waals surface area contributed by atoms with Crippen molar-refractivity contribution >= 4 is 22.3 Å². The predicted octanol–water partition coefficient (Wildman–Crippen LogP) is 4.89. The van der Waals surface area contributed by atoms with Crippen LogP contribution in [0.3, 0.4) is 0 Å². The third kappa shape index (κ3) is 5.34. The Kier molecular flexibility index (Phi) is 7.31. The minimum Gasteiger partial charge on any atom is -0.390 e. The molecule has 8 heteroatoms. The molecule has 0 spiro atoms. The fourth-order valence-corrected chi connectivity index (χ4v) is 5.02. The molecule has 0 saturated heterocycles. The Morgan fingerprint density at radius 3 is 2.41 bits per heavy atom. The van der Waals surface area contributed by atoms with Gasteiger partial charge < -0.3 is 14.3 Å². The number of aryl methyl sites for hydroxylation is 1. The monoisotopic (exact) mass is 496 g/mol. The summed E-state index contributed by atoms with van der Waals surface area (Å²) in [6.45, 7) is 5.96. The lowest BCUT2D eigenvalue weighted by molar-refractivity contribution is -0.0000287. The molecular formula is C29H32N6O2. The highest BCUT2D eigenvalue weighted by molar-refractivity contribution is 6.02. The fraction of sp³-hybridized carbons (Fsp3) is 0.414. The van der Waals surface area contributed by atoms with Gasteiger partial charge in [0.2, 0.25) is 0 Å². The van der Waals surface area contributed by atoms with E-state index in [1.165, 1.54) is 10.8 Å². The van der Waals surface area contributed by atoms with E-state index in [1.807, 2.05) is 50.9 Å². The van der Waals surface area contributed by atoms with Crippen molar-refractivity contribution in [3.63, 3.8) is 0 Å². The van der Waals surface area contributed by atoms with Gasteiger partial charge in [-0.15, -0.1) is 0 Å². The van der Waals surface area contributed by atoms with E-state index in [9.17, 15) is 15.3 Å². The van der Waals surface area contributed by atoms with Crippen LogP contribution in [0, 0.1) is 28.6 Å². The molecule has 0 radical (unpaired) electrons. The number of hydrogen-bond donors (Lipinski definition) is 0. The molecule has 0 aliphatic heterocycles. The zero-order valence-electron chi connectivity index (χ0n) is 22.0. The molecule has 1 saturated carbocycles. The summed E-state index contributed by atoms with van der Waals surface area (Å²) in [4.78, 5) is 25.0. The van der Waals surface area contributed by atoms with Gasteiger partial charge >= 0.3 is 0 Å². The van der Waals surface area contributed by atoms with Gasteiger partial charge in [-0.3, -0.25) is 4.79 Å². The maximum absolute atomic E-state index is 13.0. The zero-order chi connectivity index (χ0) is 26.7. The quantitative estimate of drug-likeness (QED) is 0.368. The van der Waals surface area contributed by atoms with Crippen LogP contribution in [-0.2, 0) is 11.9 Å². The molecule has 1 aliphatic carbocycles. The summed E-state index contributed by atoms with van der Waals surface area (Å²) in [5.74, 6) is 0.236. The van der Waals surface area contributed by atoms with Crippen molar-refractivity contribution in [1.82, 2.24) is 9.55 Å². The average molecular weight is 497 g/mol. The summed E-state index contributed by atoms with van der Waals surface area (Å²) < 4.78 is 1.42. The number of fused-ring (bicyclic) bond motifs is 1. The Morgan fingerprint density at radius 1 is 1.14 bits per heavy atom. The number of hydrogen-bond acceptors (Lipinski definition) is 7. The van der Waals surface area contributed by atoms with Gasteiger partial charge in [-0.2, -0.15) is 10.5 Å². The van der Waals surface area contributed by atoms with Crippen molar-refractivity contribution < 1.29 is 4.84 Å². The van der Waals surface area contributed by atoms with Gasteiger partial charge in [0.25, 0.3) is 5.56 Å². The molecule has 1 fully saturated rings. The summed E-state index contributed by atoms with van der Waals surface area (Å²) in [6.07, 6.45) is 5.04. The minimum atomic E-state index is -0.386. The van der Waals surface area contributed by atoms with Crippen LogP contribution >= 0.6 is 0 Å². The lowest BCUT2D eigenvalue weighted by Crippen LogP contribution is -2.38. The highest BCUT2D eigenvalue weighted by Crippen LogP contribution is 2.36. The van der Waals surface area contributed by atoms with E-state index in [4.69, 9.17) is 4.84 Å². The highest BCUT2D eigenvalue weighted by Gasteiger charge is 2.31. The summed E-state index contributed by atoms with van der Waals surface area (Å²) in [5, 5.41) is 24.6. The van der Waals surface area contributed by atoms with Crippen LogP contribution in [0.4, 0.5) is 5.69 Å². The fourth-order valence-electron chi connectivity index (χ4n) is 5.02.